The summed E-state index contributed by atoms with van der Waals surface area (Å²) in [5, 5.41) is 3.05. The molecule has 0 spiro atoms. The molecule has 1 atom stereocenters. The van der Waals surface area contributed by atoms with E-state index in [0.29, 0.717) is 19.4 Å². The van der Waals surface area contributed by atoms with E-state index in [2.05, 4.69) is 17.0 Å². The van der Waals surface area contributed by atoms with Crippen molar-refractivity contribution < 1.29 is 13.2 Å². The van der Waals surface area contributed by atoms with E-state index >= 15 is 0 Å². The average molecular weight is 438 g/mol. The van der Waals surface area contributed by atoms with Gasteiger partial charge in [-0.2, -0.15) is 0 Å². The summed E-state index contributed by atoms with van der Waals surface area (Å²) in [6.45, 7) is 2.62. The Bertz CT molecular complexity index is 729. The molecule has 0 aliphatic heterocycles. The second kappa shape index (κ2) is 13.1. The Morgan fingerprint density at radius 3 is 2.27 bits per heavy atom. The normalized spacial score (nSPS) is 15.9. The average Bonchev–Trinajstić information content (AvgIpc) is 3.23. The number of hydrogen-bond donors (Lipinski definition) is 3. The van der Waals surface area contributed by atoms with Gasteiger partial charge in [-0.1, -0.05) is 76.1 Å². The lowest BCUT2D eigenvalue weighted by Gasteiger charge is -2.21. The third kappa shape index (κ3) is 9.14. The van der Waals surface area contributed by atoms with E-state index in [1.807, 2.05) is 24.3 Å². The molecular weight excluding hydrogens is 398 g/mol. The molecule has 0 heterocycles. The first kappa shape index (κ1) is 24.8. The van der Waals surface area contributed by atoms with Gasteiger partial charge in [0.15, 0.2) is 0 Å². The minimum Gasteiger partial charge on any atom is -0.352 e. The van der Waals surface area contributed by atoms with Crippen LogP contribution in [0.2, 0.25) is 0 Å². The number of nitrogens with two attached hydrogens (primary N) is 1. The quantitative estimate of drug-likeness (QED) is 0.388. The molecule has 0 saturated heterocycles. The van der Waals surface area contributed by atoms with Crippen LogP contribution in [0, 0.1) is 0 Å². The zero-order valence-corrected chi connectivity index (χ0v) is 19.2. The number of carbonyl (C=O) groups excluding carboxylic acids is 1. The first-order valence-electron chi connectivity index (χ1n) is 11.5. The Morgan fingerprint density at radius 2 is 1.63 bits per heavy atom. The van der Waals surface area contributed by atoms with Crippen molar-refractivity contribution in [3.63, 3.8) is 0 Å². The van der Waals surface area contributed by atoms with Crippen LogP contribution in [-0.2, 0) is 27.8 Å². The first-order chi connectivity index (χ1) is 14.4. The van der Waals surface area contributed by atoms with Crippen LogP contribution < -0.4 is 15.8 Å². The van der Waals surface area contributed by atoms with E-state index in [9.17, 15) is 13.2 Å². The van der Waals surface area contributed by atoms with Gasteiger partial charge in [0, 0.05) is 12.6 Å². The van der Waals surface area contributed by atoms with E-state index in [0.717, 1.165) is 56.1 Å². The minimum atomic E-state index is -3.52. The van der Waals surface area contributed by atoms with Gasteiger partial charge in [-0.15, -0.1) is 0 Å². The summed E-state index contributed by atoms with van der Waals surface area (Å²) >= 11 is 0. The van der Waals surface area contributed by atoms with Gasteiger partial charge in [-0.05, 0) is 36.8 Å². The lowest BCUT2D eigenvalue weighted by atomic mass is 10.0. The van der Waals surface area contributed by atoms with Crippen LogP contribution in [0.4, 0.5) is 0 Å². The van der Waals surface area contributed by atoms with E-state index in [1.54, 1.807) is 0 Å². The molecule has 4 N–H and O–H groups in total. The van der Waals surface area contributed by atoms with E-state index < -0.39 is 16.1 Å². The van der Waals surface area contributed by atoms with Crippen molar-refractivity contribution in [2.75, 3.05) is 5.75 Å². The zero-order valence-electron chi connectivity index (χ0n) is 18.4. The van der Waals surface area contributed by atoms with Gasteiger partial charge in [0.2, 0.25) is 15.9 Å². The molecule has 1 aromatic carbocycles. The van der Waals surface area contributed by atoms with Crippen LogP contribution in [0.5, 0.6) is 0 Å². The monoisotopic (exact) mass is 437 g/mol. The second-order valence-electron chi connectivity index (χ2n) is 8.47. The Balaban J connectivity index is 1.97. The fourth-order valence-electron chi connectivity index (χ4n) is 3.96. The summed E-state index contributed by atoms with van der Waals surface area (Å²) in [6, 6.07) is 7.04. The van der Waals surface area contributed by atoms with Gasteiger partial charge < -0.3 is 11.1 Å². The predicted molar refractivity (Wildman–Crippen MR) is 123 cm³/mol. The largest absolute Gasteiger partial charge is 0.352 e. The van der Waals surface area contributed by atoms with E-state index in [4.69, 9.17) is 5.73 Å². The first-order valence-corrected chi connectivity index (χ1v) is 13.2. The lowest BCUT2D eigenvalue weighted by molar-refractivity contribution is -0.123. The van der Waals surface area contributed by atoms with Crippen molar-refractivity contribution in [2.45, 2.75) is 96.2 Å². The number of benzene rings is 1. The molecular formula is C23H39N3O3S. The number of sulfonamides is 1. The molecule has 170 valence electrons. The molecule has 2 rings (SSSR count). The molecule has 0 aromatic heterocycles. The van der Waals surface area contributed by atoms with Gasteiger partial charge in [0.05, 0.1) is 5.75 Å². The minimum absolute atomic E-state index is 0.0679. The number of carbonyl (C=O) groups is 1. The van der Waals surface area contributed by atoms with Crippen LogP contribution in [0.3, 0.4) is 0 Å². The topological polar surface area (TPSA) is 101 Å². The SMILES string of the molecule is CCCCCCCCS(=O)(=O)N[C@@H](Cc1ccc(CN)cc1)C(=O)NC1CCCC1. The number of hydrogen-bond acceptors (Lipinski definition) is 4. The smallest absolute Gasteiger partial charge is 0.238 e. The molecule has 6 nitrogen and oxygen atoms in total. The maximum atomic E-state index is 12.9. The van der Waals surface area contributed by atoms with Crippen LogP contribution >= 0.6 is 0 Å². The fraction of sp³-hybridized carbons (Fsp3) is 0.696. The highest BCUT2D eigenvalue weighted by Crippen LogP contribution is 2.18. The van der Waals surface area contributed by atoms with Crippen molar-refractivity contribution in [2.24, 2.45) is 5.73 Å². The number of nitrogens with one attached hydrogen (secondary N) is 2. The number of unbranched alkanes of at least 4 members (excludes halogenated alkanes) is 5. The van der Waals surface area contributed by atoms with Crippen molar-refractivity contribution in [3.8, 4) is 0 Å². The molecule has 0 bridgehead atoms. The molecule has 1 aromatic rings. The van der Waals surface area contributed by atoms with Gasteiger partial charge in [0.25, 0.3) is 0 Å². The number of rotatable bonds is 14. The highest BCUT2D eigenvalue weighted by molar-refractivity contribution is 7.89. The number of amides is 1. The summed E-state index contributed by atoms with van der Waals surface area (Å²) in [6.07, 6.45) is 10.6. The van der Waals surface area contributed by atoms with Crippen LogP contribution in [0.25, 0.3) is 0 Å². The lowest BCUT2D eigenvalue weighted by Crippen LogP contribution is -2.50. The van der Waals surface area contributed by atoms with Crippen molar-refractivity contribution in [1.82, 2.24) is 10.0 Å². The van der Waals surface area contributed by atoms with Crippen molar-refractivity contribution in [1.29, 1.82) is 0 Å². The molecule has 7 heteroatoms. The predicted octanol–water partition coefficient (Wildman–Crippen LogP) is 3.40. The van der Waals surface area contributed by atoms with Crippen molar-refractivity contribution in [3.05, 3.63) is 35.4 Å². The molecule has 30 heavy (non-hydrogen) atoms. The second-order valence-corrected chi connectivity index (χ2v) is 10.3. The van der Waals surface area contributed by atoms with Crippen LogP contribution in [0.1, 0.15) is 82.3 Å². The Hall–Kier alpha value is -1.44. The summed E-state index contributed by atoms with van der Waals surface area (Å²) in [4.78, 5) is 12.9. The summed E-state index contributed by atoms with van der Waals surface area (Å²) in [7, 11) is -3.52. The fourth-order valence-corrected chi connectivity index (χ4v) is 5.28. The van der Waals surface area contributed by atoms with Crippen molar-refractivity contribution >= 4 is 15.9 Å². The van der Waals surface area contributed by atoms with Gasteiger partial charge >= 0.3 is 0 Å². The molecule has 0 radical (unpaired) electrons. The van der Waals surface area contributed by atoms with E-state index in [1.165, 1.54) is 12.8 Å². The molecule has 0 unspecified atom stereocenters. The Morgan fingerprint density at radius 1 is 1.03 bits per heavy atom. The highest BCUT2D eigenvalue weighted by Gasteiger charge is 2.27. The molecule has 1 aliphatic rings. The third-order valence-electron chi connectivity index (χ3n) is 5.80. The Labute approximate surface area is 182 Å². The Kier molecular flexibility index (Phi) is 10.8. The molecule has 1 amide bonds. The summed E-state index contributed by atoms with van der Waals surface area (Å²) in [5.41, 5.74) is 7.58. The van der Waals surface area contributed by atoms with Gasteiger partial charge in [-0.3, -0.25) is 4.79 Å². The van der Waals surface area contributed by atoms with Gasteiger partial charge in [-0.25, -0.2) is 13.1 Å². The maximum Gasteiger partial charge on any atom is 0.238 e. The highest BCUT2D eigenvalue weighted by atomic mass is 32.2. The molecule has 1 fully saturated rings. The maximum absolute atomic E-state index is 12.9. The van der Waals surface area contributed by atoms with Gasteiger partial charge in [0.1, 0.15) is 6.04 Å². The standard InChI is InChI=1S/C23H39N3O3S/c1-2-3-4-5-6-9-16-30(28,29)26-22(23(27)25-21-10-7-8-11-21)17-19-12-14-20(18-24)15-13-19/h12-15,21-22,26H,2-11,16-18,24H2,1H3,(H,25,27)/t22-/m0/s1. The third-order valence-corrected chi connectivity index (χ3v) is 7.27. The summed E-state index contributed by atoms with van der Waals surface area (Å²) in [5.74, 6) is -0.158. The molecule has 1 saturated carbocycles. The summed E-state index contributed by atoms with van der Waals surface area (Å²) < 4.78 is 28.0. The van der Waals surface area contributed by atoms with Crippen LogP contribution in [0.15, 0.2) is 24.3 Å². The van der Waals surface area contributed by atoms with E-state index in [-0.39, 0.29) is 17.7 Å². The zero-order chi connectivity index (χ0) is 21.8. The molecule has 1 aliphatic carbocycles. The van der Waals surface area contributed by atoms with Crippen LogP contribution in [-0.4, -0.2) is 32.2 Å².